The van der Waals surface area contributed by atoms with E-state index in [0.29, 0.717) is 39.0 Å². The lowest BCUT2D eigenvalue weighted by Gasteiger charge is -2.43. The molecule has 0 saturated carbocycles. The molecule has 0 heterocycles. The monoisotopic (exact) mass is 582 g/mol. The fourth-order valence-corrected chi connectivity index (χ4v) is 17.4. The maximum absolute atomic E-state index is 11.3. The average Bonchev–Trinajstić information content (AvgIpc) is 2.83. The summed E-state index contributed by atoms with van der Waals surface area (Å²) < 4.78 is 19.5. The van der Waals surface area contributed by atoms with Crippen molar-refractivity contribution in [1.82, 2.24) is 0 Å². The van der Waals surface area contributed by atoms with Crippen LogP contribution in [-0.4, -0.2) is 22.6 Å². The van der Waals surface area contributed by atoms with Crippen molar-refractivity contribution in [3.05, 3.63) is 53.6 Å². The summed E-state index contributed by atoms with van der Waals surface area (Å²) in [4.78, 5) is 11.3. The van der Waals surface area contributed by atoms with E-state index >= 15 is 0 Å². The summed E-state index contributed by atoms with van der Waals surface area (Å²) in [5.74, 6) is 2.04. The molecule has 2 rings (SSSR count). The average molecular weight is 583 g/mol. The van der Waals surface area contributed by atoms with Crippen LogP contribution in [0.25, 0.3) is 12.2 Å². The quantitative estimate of drug-likeness (QED) is 0.102. The Morgan fingerprint density at radius 3 is 1.23 bits per heavy atom. The molecule has 2 aromatic rings. The smallest absolute Gasteiger partial charge is 0.308 e. The molecule has 0 saturated heterocycles. The maximum Gasteiger partial charge on any atom is 0.308 e. The minimum Gasteiger partial charge on any atom is -0.543 e. The molecule has 0 aliphatic carbocycles. The van der Waals surface area contributed by atoms with Crippen molar-refractivity contribution < 1.29 is 18.4 Å². The van der Waals surface area contributed by atoms with Crippen LogP contribution >= 0.6 is 0 Å². The highest BCUT2D eigenvalue weighted by molar-refractivity contribution is 6.78. The van der Waals surface area contributed by atoms with Gasteiger partial charge in [-0.3, -0.25) is 4.79 Å². The standard InChI is InChI=1S/C34H54O4Si2/c1-23(2)39(24(3)4,25(5)6)37-33-20-31(15-14-30-16-18-32(19-17-30)36-29(13)35)21-34(22-33)38-40(26(7)8,27(9)10)28(11)12/h14-28H,1-13H3/b15-14+. The van der Waals surface area contributed by atoms with E-state index in [1.165, 1.54) is 6.92 Å². The number of benzene rings is 2. The van der Waals surface area contributed by atoms with E-state index < -0.39 is 16.6 Å². The molecule has 0 aliphatic heterocycles. The summed E-state index contributed by atoms with van der Waals surface area (Å²) >= 11 is 0. The molecular formula is C34H54O4Si2. The van der Waals surface area contributed by atoms with Crippen molar-refractivity contribution >= 4 is 34.8 Å². The molecular weight excluding hydrogens is 529 g/mol. The summed E-state index contributed by atoms with van der Waals surface area (Å²) in [6, 6.07) is 14.0. The van der Waals surface area contributed by atoms with Crippen LogP contribution in [0.3, 0.4) is 0 Å². The van der Waals surface area contributed by atoms with Crippen molar-refractivity contribution in [3.8, 4) is 17.2 Å². The first-order valence-corrected chi connectivity index (χ1v) is 19.3. The van der Waals surface area contributed by atoms with Crippen molar-refractivity contribution in [2.45, 2.75) is 123 Å². The molecule has 2 aromatic carbocycles. The SMILES string of the molecule is CC(=O)Oc1ccc(/C=C/c2cc(O[Si](C(C)C)(C(C)C)C(C)C)cc(O[Si](C(C)C)(C(C)C)C(C)C)c2)cc1. The molecule has 0 aliphatic rings. The second-order valence-electron chi connectivity index (χ2n) is 13.1. The number of hydrogen-bond donors (Lipinski definition) is 0. The molecule has 0 bridgehead atoms. The third-order valence-electron chi connectivity index (χ3n) is 8.52. The van der Waals surface area contributed by atoms with E-state index in [2.05, 4.69) is 113 Å². The van der Waals surface area contributed by atoms with Crippen LogP contribution in [-0.2, 0) is 4.79 Å². The van der Waals surface area contributed by atoms with Gasteiger partial charge in [0.15, 0.2) is 0 Å². The minimum atomic E-state index is -2.15. The van der Waals surface area contributed by atoms with Gasteiger partial charge < -0.3 is 13.6 Å². The van der Waals surface area contributed by atoms with Crippen LogP contribution < -0.4 is 13.6 Å². The summed E-state index contributed by atoms with van der Waals surface area (Å²) in [6.07, 6.45) is 4.20. The number of ether oxygens (including phenoxy) is 1. The second-order valence-corrected chi connectivity index (χ2v) is 23.8. The van der Waals surface area contributed by atoms with Gasteiger partial charge in [0.2, 0.25) is 0 Å². The molecule has 0 spiro atoms. The zero-order valence-electron chi connectivity index (χ0n) is 27.3. The molecule has 0 atom stereocenters. The molecule has 0 aromatic heterocycles. The first kappa shape index (κ1) is 33.9. The summed E-state index contributed by atoms with van der Waals surface area (Å²) in [7, 11) is -4.31. The van der Waals surface area contributed by atoms with Gasteiger partial charge in [-0.1, -0.05) is 107 Å². The fourth-order valence-electron chi connectivity index (χ4n) is 6.93. The number of rotatable bonds is 13. The van der Waals surface area contributed by atoms with Crippen LogP contribution in [0.1, 0.15) is 101 Å². The highest BCUT2D eigenvalue weighted by atomic mass is 28.4. The van der Waals surface area contributed by atoms with E-state index in [1.807, 2.05) is 24.3 Å². The summed E-state index contributed by atoms with van der Waals surface area (Å²) in [5.41, 5.74) is 4.92. The zero-order chi connectivity index (χ0) is 30.4. The predicted molar refractivity (Wildman–Crippen MR) is 176 cm³/mol. The van der Waals surface area contributed by atoms with Gasteiger partial charge in [0.05, 0.1) is 0 Å². The van der Waals surface area contributed by atoms with Gasteiger partial charge >= 0.3 is 5.97 Å². The number of carbonyl (C=O) groups is 1. The molecule has 0 amide bonds. The third-order valence-corrected chi connectivity index (χ3v) is 20.5. The first-order valence-electron chi connectivity index (χ1n) is 15.1. The van der Waals surface area contributed by atoms with Gasteiger partial charge in [-0.2, -0.15) is 0 Å². The first-order chi connectivity index (χ1) is 18.6. The van der Waals surface area contributed by atoms with Crippen molar-refractivity contribution in [2.75, 3.05) is 0 Å². The van der Waals surface area contributed by atoms with Gasteiger partial charge in [0.1, 0.15) is 17.2 Å². The molecule has 6 heteroatoms. The van der Waals surface area contributed by atoms with Crippen LogP contribution in [0.5, 0.6) is 17.2 Å². The van der Waals surface area contributed by atoms with Gasteiger partial charge in [-0.15, -0.1) is 0 Å². The summed E-state index contributed by atoms with van der Waals surface area (Å²) in [5, 5.41) is 0. The number of carbonyl (C=O) groups excluding carboxylic acids is 1. The Morgan fingerprint density at radius 2 is 0.900 bits per heavy atom. The lowest BCUT2D eigenvalue weighted by molar-refractivity contribution is -0.131. The second kappa shape index (κ2) is 14.0. The molecule has 0 fully saturated rings. The van der Waals surface area contributed by atoms with Crippen molar-refractivity contribution in [1.29, 1.82) is 0 Å². The Hall–Kier alpha value is -2.32. The topological polar surface area (TPSA) is 44.8 Å². The van der Waals surface area contributed by atoms with E-state index in [4.69, 9.17) is 13.6 Å². The van der Waals surface area contributed by atoms with E-state index in [-0.39, 0.29) is 5.97 Å². The Labute approximate surface area is 246 Å². The molecule has 40 heavy (non-hydrogen) atoms. The Morgan fingerprint density at radius 1 is 0.550 bits per heavy atom. The number of esters is 1. The zero-order valence-corrected chi connectivity index (χ0v) is 29.3. The minimum absolute atomic E-state index is 0.319. The lowest BCUT2D eigenvalue weighted by atomic mass is 10.1. The van der Waals surface area contributed by atoms with Crippen LogP contribution in [0.4, 0.5) is 0 Å². The molecule has 0 radical (unpaired) electrons. The molecule has 0 N–H and O–H groups in total. The normalized spacial score (nSPS) is 13.0. The summed E-state index contributed by atoms with van der Waals surface area (Å²) in [6.45, 7) is 29.3. The Kier molecular flexibility index (Phi) is 11.9. The third kappa shape index (κ3) is 7.70. The molecule has 0 unspecified atom stereocenters. The van der Waals surface area contributed by atoms with Crippen LogP contribution in [0.2, 0.25) is 33.2 Å². The van der Waals surface area contributed by atoms with Gasteiger partial charge in [0, 0.05) is 13.0 Å². The number of hydrogen-bond acceptors (Lipinski definition) is 4. The van der Waals surface area contributed by atoms with Gasteiger partial charge in [-0.05, 0) is 68.6 Å². The van der Waals surface area contributed by atoms with E-state index in [0.717, 1.165) is 22.6 Å². The van der Waals surface area contributed by atoms with Gasteiger partial charge in [0.25, 0.3) is 16.6 Å². The fraction of sp³-hybridized carbons (Fsp3) is 0.559. The Bertz CT molecular complexity index is 1040. The van der Waals surface area contributed by atoms with Crippen LogP contribution in [0.15, 0.2) is 42.5 Å². The molecule has 4 nitrogen and oxygen atoms in total. The van der Waals surface area contributed by atoms with Crippen molar-refractivity contribution in [2.24, 2.45) is 0 Å². The van der Waals surface area contributed by atoms with Crippen LogP contribution in [0, 0.1) is 0 Å². The van der Waals surface area contributed by atoms with Gasteiger partial charge in [-0.25, -0.2) is 0 Å². The lowest BCUT2D eigenvalue weighted by Crippen LogP contribution is -2.51. The van der Waals surface area contributed by atoms with E-state index in [1.54, 1.807) is 0 Å². The largest absolute Gasteiger partial charge is 0.543 e. The molecule has 222 valence electrons. The Balaban J connectivity index is 2.63. The van der Waals surface area contributed by atoms with E-state index in [9.17, 15) is 4.79 Å². The highest BCUT2D eigenvalue weighted by Gasteiger charge is 2.48. The maximum atomic E-state index is 11.3. The highest BCUT2D eigenvalue weighted by Crippen LogP contribution is 2.46. The predicted octanol–water partition coefficient (Wildman–Crippen LogP) is 10.9. The van der Waals surface area contributed by atoms with Crippen molar-refractivity contribution in [3.63, 3.8) is 0 Å².